The second-order valence-electron chi connectivity index (χ2n) is 4.96. The first kappa shape index (κ1) is 15.3. The maximum absolute atomic E-state index is 11.3. The van der Waals surface area contributed by atoms with Gasteiger partial charge in [0.1, 0.15) is 18.1 Å². The van der Waals surface area contributed by atoms with Gasteiger partial charge in [-0.3, -0.25) is 4.79 Å². The number of aryl methyl sites for hydroxylation is 1. The summed E-state index contributed by atoms with van der Waals surface area (Å²) < 4.78 is 5.73. The lowest BCUT2D eigenvalue weighted by atomic mass is 10.1. The minimum absolute atomic E-state index is 0.290. The molecule has 0 atom stereocenters. The predicted molar refractivity (Wildman–Crippen MR) is 83.0 cm³/mol. The van der Waals surface area contributed by atoms with Crippen LogP contribution in [-0.2, 0) is 6.42 Å². The third-order valence-electron chi connectivity index (χ3n) is 3.30. The van der Waals surface area contributed by atoms with Gasteiger partial charge < -0.3 is 9.84 Å². The van der Waals surface area contributed by atoms with Gasteiger partial charge in [-0.1, -0.05) is 25.5 Å². The van der Waals surface area contributed by atoms with E-state index in [1.807, 2.05) is 12.1 Å². The largest absolute Gasteiger partial charge is 0.457 e. The van der Waals surface area contributed by atoms with Crippen LogP contribution in [0.4, 0.5) is 0 Å². The molecular weight excluding hydrogens is 264 g/mol. The number of aliphatic hydroxyl groups excluding tert-OH is 1. The highest BCUT2D eigenvalue weighted by Crippen LogP contribution is 2.22. The fraction of sp³-hybridized carbons (Fsp3) is 0.278. The third kappa shape index (κ3) is 4.43. The highest BCUT2D eigenvalue weighted by Gasteiger charge is 2.04. The Morgan fingerprint density at radius 2 is 1.57 bits per heavy atom. The van der Waals surface area contributed by atoms with Crippen molar-refractivity contribution in [3.8, 4) is 11.5 Å². The summed E-state index contributed by atoms with van der Waals surface area (Å²) in [6.45, 7) is 1.71. The lowest BCUT2D eigenvalue weighted by Crippen LogP contribution is -2.03. The topological polar surface area (TPSA) is 46.5 Å². The number of carbonyl (C=O) groups excluding carboxylic acids is 1. The van der Waals surface area contributed by atoms with Crippen LogP contribution in [0.1, 0.15) is 35.7 Å². The lowest BCUT2D eigenvalue weighted by molar-refractivity contribution is 0.0903. The van der Waals surface area contributed by atoms with Gasteiger partial charge in [0.2, 0.25) is 0 Å². The summed E-state index contributed by atoms with van der Waals surface area (Å²) in [5.41, 5.74) is 1.80. The zero-order valence-corrected chi connectivity index (χ0v) is 12.2. The fourth-order valence-electron chi connectivity index (χ4n) is 2.04. The van der Waals surface area contributed by atoms with E-state index in [9.17, 15) is 4.79 Å². The normalized spacial score (nSPS) is 10.4. The maximum atomic E-state index is 11.3. The summed E-state index contributed by atoms with van der Waals surface area (Å²) in [6, 6.07) is 14.8. The summed E-state index contributed by atoms with van der Waals surface area (Å²) in [5.74, 6) is 1.16. The van der Waals surface area contributed by atoms with Gasteiger partial charge in [-0.25, -0.2) is 0 Å². The molecule has 0 spiro atoms. The number of hydrogen-bond donors (Lipinski definition) is 1. The van der Waals surface area contributed by atoms with Gasteiger partial charge in [-0.15, -0.1) is 0 Å². The van der Waals surface area contributed by atoms with Gasteiger partial charge in [0.05, 0.1) is 0 Å². The molecule has 3 heteroatoms. The Hall–Kier alpha value is -2.13. The highest BCUT2D eigenvalue weighted by atomic mass is 16.5. The molecule has 2 aromatic carbocycles. The Morgan fingerprint density at radius 3 is 2.10 bits per heavy atom. The quantitative estimate of drug-likeness (QED) is 0.782. The van der Waals surface area contributed by atoms with Crippen LogP contribution in [0, 0.1) is 0 Å². The Morgan fingerprint density at radius 1 is 1.00 bits per heavy atom. The zero-order chi connectivity index (χ0) is 15.1. The van der Waals surface area contributed by atoms with Crippen molar-refractivity contribution in [2.45, 2.75) is 26.2 Å². The van der Waals surface area contributed by atoms with E-state index >= 15 is 0 Å². The number of ketones is 1. The Kier molecular flexibility index (Phi) is 5.52. The molecule has 0 amide bonds. The number of unbranched alkanes of at least 4 members (excludes halogenated alkanes) is 1. The molecule has 0 aromatic heterocycles. The molecule has 0 aliphatic carbocycles. The average molecular weight is 284 g/mol. The van der Waals surface area contributed by atoms with Gasteiger partial charge in [-0.05, 0) is 54.8 Å². The summed E-state index contributed by atoms with van der Waals surface area (Å²) in [7, 11) is 0. The Bertz CT molecular complexity index is 570. The number of carbonyl (C=O) groups is 1. The molecule has 0 aliphatic heterocycles. The molecular formula is C18H20O3. The van der Waals surface area contributed by atoms with Crippen LogP contribution in [0.2, 0.25) is 0 Å². The molecule has 0 aliphatic rings. The molecule has 1 N–H and O–H groups in total. The number of rotatable bonds is 7. The van der Waals surface area contributed by atoms with Gasteiger partial charge in [0.15, 0.2) is 5.78 Å². The number of Topliss-reactive ketones (excluding diaryl/α,β-unsaturated/α-hetero) is 1. The van der Waals surface area contributed by atoms with Crippen LogP contribution in [0.25, 0.3) is 0 Å². The molecule has 0 fully saturated rings. The minimum atomic E-state index is -0.473. The van der Waals surface area contributed by atoms with E-state index in [1.165, 1.54) is 18.4 Å². The van der Waals surface area contributed by atoms with Gasteiger partial charge in [0, 0.05) is 5.56 Å². The van der Waals surface area contributed by atoms with Crippen molar-refractivity contribution in [3.63, 3.8) is 0 Å². The van der Waals surface area contributed by atoms with Gasteiger partial charge in [-0.2, -0.15) is 0 Å². The first-order chi connectivity index (χ1) is 10.2. The smallest absolute Gasteiger partial charge is 0.188 e. The number of hydrogen-bond acceptors (Lipinski definition) is 3. The summed E-state index contributed by atoms with van der Waals surface area (Å²) >= 11 is 0. The summed E-state index contributed by atoms with van der Waals surface area (Å²) in [4.78, 5) is 11.3. The summed E-state index contributed by atoms with van der Waals surface area (Å²) in [5, 5.41) is 8.80. The van der Waals surface area contributed by atoms with Crippen LogP contribution in [0.15, 0.2) is 48.5 Å². The van der Waals surface area contributed by atoms with Crippen LogP contribution in [0.5, 0.6) is 11.5 Å². The average Bonchev–Trinajstić information content (AvgIpc) is 2.54. The van der Waals surface area contributed by atoms with Crippen LogP contribution >= 0.6 is 0 Å². The van der Waals surface area contributed by atoms with Gasteiger partial charge >= 0.3 is 0 Å². The molecule has 0 saturated carbocycles. The van der Waals surface area contributed by atoms with E-state index in [-0.39, 0.29) is 5.78 Å². The van der Waals surface area contributed by atoms with Crippen molar-refractivity contribution in [1.29, 1.82) is 0 Å². The Balaban J connectivity index is 1.99. The van der Waals surface area contributed by atoms with Crippen molar-refractivity contribution < 1.29 is 14.6 Å². The second-order valence-corrected chi connectivity index (χ2v) is 4.96. The highest BCUT2D eigenvalue weighted by molar-refractivity contribution is 5.96. The molecule has 2 aromatic rings. The predicted octanol–water partition coefficient (Wildman–Crippen LogP) is 4.00. The molecule has 0 heterocycles. The maximum Gasteiger partial charge on any atom is 0.188 e. The van der Waals surface area contributed by atoms with Crippen LogP contribution in [-0.4, -0.2) is 17.5 Å². The summed E-state index contributed by atoms with van der Waals surface area (Å²) in [6.07, 6.45) is 3.48. The van der Waals surface area contributed by atoms with Crippen LogP contribution < -0.4 is 4.74 Å². The first-order valence-electron chi connectivity index (χ1n) is 7.24. The molecule has 3 nitrogen and oxygen atoms in total. The van der Waals surface area contributed by atoms with E-state index in [0.29, 0.717) is 11.3 Å². The SMILES string of the molecule is CCCCc1ccc(Oc2ccc(C(=O)CO)cc2)cc1. The number of benzene rings is 2. The second kappa shape index (κ2) is 7.60. The molecule has 0 unspecified atom stereocenters. The molecule has 0 radical (unpaired) electrons. The van der Waals surface area contributed by atoms with E-state index in [2.05, 4.69) is 19.1 Å². The van der Waals surface area contributed by atoms with E-state index < -0.39 is 6.61 Å². The Labute approximate surface area is 125 Å². The number of ether oxygens (including phenoxy) is 1. The van der Waals surface area contributed by atoms with E-state index in [4.69, 9.17) is 9.84 Å². The number of aliphatic hydroxyl groups is 1. The molecule has 0 saturated heterocycles. The molecule has 0 bridgehead atoms. The standard InChI is InChI=1S/C18H20O3/c1-2-3-4-14-5-9-16(10-6-14)21-17-11-7-15(8-12-17)18(20)13-19/h5-12,19H,2-4,13H2,1H3. The fourth-order valence-corrected chi connectivity index (χ4v) is 2.04. The van der Waals surface area contributed by atoms with Crippen molar-refractivity contribution in [3.05, 3.63) is 59.7 Å². The van der Waals surface area contributed by atoms with Crippen LogP contribution in [0.3, 0.4) is 0 Å². The minimum Gasteiger partial charge on any atom is -0.457 e. The lowest BCUT2D eigenvalue weighted by Gasteiger charge is -2.07. The third-order valence-corrected chi connectivity index (χ3v) is 3.30. The molecule has 2 rings (SSSR count). The van der Waals surface area contributed by atoms with Gasteiger partial charge in [0.25, 0.3) is 0 Å². The zero-order valence-electron chi connectivity index (χ0n) is 12.2. The van der Waals surface area contributed by atoms with Crippen molar-refractivity contribution >= 4 is 5.78 Å². The molecule has 21 heavy (non-hydrogen) atoms. The van der Waals surface area contributed by atoms with Crippen molar-refractivity contribution in [1.82, 2.24) is 0 Å². The van der Waals surface area contributed by atoms with Crippen molar-refractivity contribution in [2.24, 2.45) is 0 Å². The first-order valence-corrected chi connectivity index (χ1v) is 7.24. The molecule has 110 valence electrons. The van der Waals surface area contributed by atoms with E-state index in [1.54, 1.807) is 24.3 Å². The van der Waals surface area contributed by atoms with Crippen molar-refractivity contribution in [2.75, 3.05) is 6.61 Å². The monoisotopic (exact) mass is 284 g/mol. The van der Waals surface area contributed by atoms with E-state index in [0.717, 1.165) is 12.2 Å².